The van der Waals surface area contributed by atoms with Gasteiger partial charge in [-0.25, -0.2) is 4.39 Å². The van der Waals surface area contributed by atoms with Gasteiger partial charge in [-0.05, 0) is 48.4 Å². The fraction of sp³-hybridized carbons (Fsp3) is 0.294. The van der Waals surface area contributed by atoms with Gasteiger partial charge in [-0.1, -0.05) is 35.0 Å². The van der Waals surface area contributed by atoms with Crippen molar-refractivity contribution < 1.29 is 9.13 Å². The quantitative estimate of drug-likeness (QED) is 0.732. The van der Waals surface area contributed by atoms with Crippen molar-refractivity contribution >= 4 is 15.9 Å². The molecule has 0 unspecified atom stereocenters. The molecule has 0 aliphatic carbocycles. The van der Waals surface area contributed by atoms with Crippen molar-refractivity contribution in [3.63, 3.8) is 0 Å². The van der Waals surface area contributed by atoms with Gasteiger partial charge in [0.05, 0.1) is 0 Å². The van der Waals surface area contributed by atoms with Gasteiger partial charge in [-0.2, -0.15) is 0 Å². The first kappa shape index (κ1) is 16.0. The molecule has 0 radical (unpaired) electrons. The Morgan fingerprint density at radius 3 is 2.76 bits per heavy atom. The molecule has 0 aliphatic heterocycles. The molecule has 0 amide bonds. The van der Waals surface area contributed by atoms with Gasteiger partial charge in [0.25, 0.3) is 0 Å². The fourth-order valence-corrected chi connectivity index (χ4v) is 2.46. The van der Waals surface area contributed by atoms with Gasteiger partial charge in [-0.15, -0.1) is 0 Å². The van der Waals surface area contributed by atoms with Gasteiger partial charge in [0, 0.05) is 17.1 Å². The van der Waals surface area contributed by atoms with Gasteiger partial charge in [0.1, 0.15) is 18.2 Å². The molecule has 0 fully saturated rings. The van der Waals surface area contributed by atoms with Crippen LogP contribution in [0.5, 0.6) is 5.75 Å². The highest BCUT2D eigenvalue weighted by Crippen LogP contribution is 2.19. The maximum Gasteiger partial charge on any atom is 0.127 e. The molecule has 4 heteroatoms. The zero-order chi connectivity index (χ0) is 15.1. The highest BCUT2D eigenvalue weighted by atomic mass is 79.9. The molecular formula is C17H19BrFNO. The summed E-state index contributed by atoms with van der Waals surface area (Å²) in [5, 5.41) is 3.26. The normalized spacial score (nSPS) is 10.6. The summed E-state index contributed by atoms with van der Waals surface area (Å²) in [6.07, 6.45) is 1.06. The highest BCUT2D eigenvalue weighted by Gasteiger charge is 2.03. The van der Waals surface area contributed by atoms with E-state index in [2.05, 4.69) is 28.2 Å². The minimum absolute atomic E-state index is 0.268. The van der Waals surface area contributed by atoms with E-state index in [0.717, 1.165) is 28.6 Å². The van der Waals surface area contributed by atoms with Crippen LogP contribution in [0.3, 0.4) is 0 Å². The lowest BCUT2D eigenvalue weighted by Gasteiger charge is -2.10. The lowest BCUT2D eigenvalue weighted by molar-refractivity contribution is 0.304. The number of nitrogens with one attached hydrogen (secondary N) is 1. The van der Waals surface area contributed by atoms with E-state index in [1.807, 2.05) is 30.3 Å². The number of ether oxygens (including phenoxy) is 1. The molecule has 0 aromatic heterocycles. The van der Waals surface area contributed by atoms with E-state index in [9.17, 15) is 4.39 Å². The zero-order valence-electron chi connectivity index (χ0n) is 12.0. The Bertz CT molecular complexity index is 589. The number of rotatable bonds is 7. The van der Waals surface area contributed by atoms with Crippen LogP contribution in [-0.4, -0.2) is 6.54 Å². The summed E-state index contributed by atoms with van der Waals surface area (Å²) in [5.41, 5.74) is 1.94. The lowest BCUT2D eigenvalue weighted by Crippen LogP contribution is -2.14. The lowest BCUT2D eigenvalue weighted by atomic mass is 10.2. The van der Waals surface area contributed by atoms with E-state index in [0.29, 0.717) is 18.9 Å². The van der Waals surface area contributed by atoms with Crippen molar-refractivity contribution in [1.82, 2.24) is 5.32 Å². The van der Waals surface area contributed by atoms with Crippen molar-refractivity contribution in [3.05, 3.63) is 63.9 Å². The molecule has 21 heavy (non-hydrogen) atoms. The molecule has 0 saturated heterocycles. The Balaban J connectivity index is 1.99. The number of halogens is 2. The number of hydrogen-bond donors (Lipinski definition) is 1. The van der Waals surface area contributed by atoms with E-state index in [-0.39, 0.29) is 5.82 Å². The van der Waals surface area contributed by atoms with Crippen LogP contribution in [0.2, 0.25) is 0 Å². The first-order valence-corrected chi connectivity index (χ1v) is 7.84. The van der Waals surface area contributed by atoms with Crippen LogP contribution in [0.4, 0.5) is 4.39 Å². The average molecular weight is 352 g/mol. The summed E-state index contributed by atoms with van der Waals surface area (Å²) in [5.74, 6) is 0.290. The minimum Gasteiger partial charge on any atom is -0.489 e. The monoisotopic (exact) mass is 351 g/mol. The van der Waals surface area contributed by atoms with Crippen LogP contribution in [0.1, 0.15) is 24.5 Å². The molecule has 2 aromatic rings. The third kappa shape index (κ3) is 5.48. The van der Waals surface area contributed by atoms with E-state index in [1.54, 1.807) is 0 Å². The molecule has 2 nitrogen and oxygen atoms in total. The Hall–Kier alpha value is -1.39. The molecule has 0 saturated carbocycles. The average Bonchev–Trinajstić information content (AvgIpc) is 2.45. The number of hydrogen-bond acceptors (Lipinski definition) is 2. The summed E-state index contributed by atoms with van der Waals surface area (Å²) in [4.78, 5) is 0. The van der Waals surface area contributed by atoms with Crippen molar-refractivity contribution in [2.75, 3.05) is 6.54 Å². The SMILES string of the molecule is CCCNCc1cc(F)cc(OCc2cccc(Br)c2)c1. The molecule has 0 aliphatic rings. The van der Waals surface area contributed by atoms with Crippen LogP contribution in [0.25, 0.3) is 0 Å². The predicted molar refractivity (Wildman–Crippen MR) is 86.9 cm³/mol. The third-order valence-corrected chi connectivity index (χ3v) is 3.47. The second-order valence-corrected chi connectivity index (χ2v) is 5.81. The van der Waals surface area contributed by atoms with Crippen molar-refractivity contribution in [2.45, 2.75) is 26.5 Å². The summed E-state index contributed by atoms with van der Waals surface area (Å²) >= 11 is 3.42. The largest absolute Gasteiger partial charge is 0.489 e. The van der Waals surface area contributed by atoms with Crippen LogP contribution in [-0.2, 0) is 13.2 Å². The van der Waals surface area contributed by atoms with Gasteiger partial charge in [0.15, 0.2) is 0 Å². The van der Waals surface area contributed by atoms with E-state index in [1.165, 1.54) is 12.1 Å². The van der Waals surface area contributed by atoms with Crippen molar-refractivity contribution in [1.29, 1.82) is 0 Å². The molecule has 112 valence electrons. The molecular weight excluding hydrogens is 333 g/mol. The molecule has 2 rings (SSSR count). The van der Waals surface area contributed by atoms with Crippen LogP contribution < -0.4 is 10.1 Å². The van der Waals surface area contributed by atoms with Crippen LogP contribution >= 0.6 is 15.9 Å². The third-order valence-electron chi connectivity index (χ3n) is 2.98. The first-order chi connectivity index (χ1) is 10.2. The summed E-state index contributed by atoms with van der Waals surface area (Å²) < 4.78 is 20.3. The van der Waals surface area contributed by atoms with E-state index < -0.39 is 0 Å². The Labute approximate surface area is 133 Å². The van der Waals surface area contributed by atoms with Crippen LogP contribution in [0, 0.1) is 5.82 Å². The Kier molecular flexibility index (Phi) is 6.21. The highest BCUT2D eigenvalue weighted by molar-refractivity contribution is 9.10. The topological polar surface area (TPSA) is 21.3 Å². The van der Waals surface area contributed by atoms with Gasteiger partial charge in [0.2, 0.25) is 0 Å². The maximum atomic E-state index is 13.6. The van der Waals surface area contributed by atoms with Gasteiger partial charge >= 0.3 is 0 Å². The van der Waals surface area contributed by atoms with E-state index >= 15 is 0 Å². The molecule has 1 N–H and O–H groups in total. The fourth-order valence-electron chi connectivity index (χ4n) is 2.01. The predicted octanol–water partition coefficient (Wildman–Crippen LogP) is 4.67. The second kappa shape index (κ2) is 8.15. The summed E-state index contributed by atoms with van der Waals surface area (Å²) in [7, 11) is 0. The van der Waals surface area contributed by atoms with E-state index in [4.69, 9.17) is 4.74 Å². The van der Waals surface area contributed by atoms with Crippen LogP contribution in [0.15, 0.2) is 46.9 Å². The molecule has 0 bridgehead atoms. The standard InChI is InChI=1S/C17H19BrFNO/c1-2-6-20-11-14-8-16(19)10-17(9-14)21-12-13-4-3-5-15(18)7-13/h3-5,7-10,20H,2,6,11-12H2,1H3. The number of benzene rings is 2. The molecule has 0 spiro atoms. The van der Waals surface area contributed by atoms with Crippen molar-refractivity contribution in [2.24, 2.45) is 0 Å². The minimum atomic E-state index is -0.268. The molecule has 2 aromatic carbocycles. The smallest absolute Gasteiger partial charge is 0.127 e. The maximum absolute atomic E-state index is 13.6. The Morgan fingerprint density at radius 1 is 1.14 bits per heavy atom. The summed E-state index contributed by atoms with van der Waals surface area (Å²) in [6.45, 7) is 4.10. The van der Waals surface area contributed by atoms with Gasteiger partial charge in [-0.3, -0.25) is 0 Å². The second-order valence-electron chi connectivity index (χ2n) is 4.89. The van der Waals surface area contributed by atoms with Crippen molar-refractivity contribution in [3.8, 4) is 5.75 Å². The Morgan fingerprint density at radius 2 is 2.00 bits per heavy atom. The first-order valence-electron chi connectivity index (χ1n) is 7.05. The van der Waals surface area contributed by atoms with Gasteiger partial charge < -0.3 is 10.1 Å². The molecule has 0 heterocycles. The summed E-state index contributed by atoms with van der Waals surface area (Å²) in [6, 6.07) is 12.7. The molecule has 0 atom stereocenters. The zero-order valence-corrected chi connectivity index (χ0v) is 13.6.